The maximum Gasteiger partial charge on any atom is 0.393 e. The zero-order valence-corrected chi connectivity index (χ0v) is 19.1. The Hall–Kier alpha value is -2.55. The lowest BCUT2D eigenvalue weighted by Gasteiger charge is -2.42. The van der Waals surface area contributed by atoms with E-state index in [9.17, 15) is 79.8 Å². The molecule has 1 heterocycles. The molecular weight excluding hydrogens is 602 g/mol. The van der Waals surface area contributed by atoms with Crippen LogP contribution in [-0.4, -0.2) is 83.7 Å². The number of rotatable bonds is 10. The lowest BCUT2D eigenvalue weighted by molar-refractivity contribution is -0.443. The average molecular weight is 613 g/mol. The summed E-state index contributed by atoms with van der Waals surface area (Å²) in [5.74, 6) is -61.3. The fraction of sp³-hybridized carbons (Fsp3) is 0.688. The fourth-order valence-corrected chi connectivity index (χ4v) is 3.29. The van der Waals surface area contributed by atoms with Crippen molar-refractivity contribution in [2.75, 3.05) is 19.4 Å². The van der Waals surface area contributed by atoms with Crippen molar-refractivity contribution in [2.24, 2.45) is 0 Å². The molecule has 0 aromatic carbocycles. The van der Waals surface area contributed by atoms with E-state index in [1.807, 2.05) is 0 Å². The van der Waals surface area contributed by atoms with Crippen LogP contribution in [0.2, 0.25) is 0 Å². The predicted molar refractivity (Wildman–Crippen MR) is 94.1 cm³/mol. The highest BCUT2D eigenvalue weighted by Crippen LogP contribution is 2.62. The fourth-order valence-electron chi connectivity index (χ4n) is 2.30. The number of hydrogen-bond donors (Lipinski definition) is 1. The summed E-state index contributed by atoms with van der Waals surface area (Å²) in [7, 11) is 2.29. The summed E-state index contributed by atoms with van der Waals surface area (Å²) in [5.41, 5.74) is -0.377. The van der Waals surface area contributed by atoms with Gasteiger partial charge >= 0.3 is 53.8 Å². The summed E-state index contributed by atoms with van der Waals surface area (Å²) in [6.07, 6.45) is -5.95. The first-order chi connectivity index (χ1) is 16.6. The van der Waals surface area contributed by atoms with Crippen LogP contribution in [-0.2, 0) is 4.79 Å². The van der Waals surface area contributed by atoms with Crippen LogP contribution in [0.3, 0.4) is 0 Å². The molecule has 1 N–H and O–H groups in total. The maximum atomic E-state index is 14.0. The summed E-state index contributed by atoms with van der Waals surface area (Å²) < 4.78 is 214. The molecule has 1 aromatic heterocycles. The first-order valence-electron chi connectivity index (χ1n) is 9.00. The van der Waals surface area contributed by atoms with Gasteiger partial charge in [-0.05, 0) is 6.92 Å². The molecule has 0 aliphatic heterocycles. The molecule has 0 atom stereocenters. The van der Waals surface area contributed by atoms with Gasteiger partial charge in [-0.2, -0.15) is 61.5 Å². The van der Waals surface area contributed by atoms with Gasteiger partial charge in [-0.25, -0.2) is 13.8 Å². The van der Waals surface area contributed by atoms with Gasteiger partial charge in [-0.15, -0.1) is 0 Å². The summed E-state index contributed by atoms with van der Waals surface area (Å²) in [4.78, 5) is 27.0. The van der Waals surface area contributed by atoms with Crippen molar-refractivity contribution in [2.45, 2.75) is 54.8 Å². The molecule has 5 nitrogen and oxygen atoms in total. The van der Waals surface area contributed by atoms with Gasteiger partial charge in [0.25, 0.3) is 5.91 Å². The summed E-state index contributed by atoms with van der Waals surface area (Å²) >= 11 is -0.0446. The Morgan fingerprint density at radius 1 is 0.763 bits per heavy atom. The maximum absolute atomic E-state index is 14.0. The molecule has 0 saturated carbocycles. The van der Waals surface area contributed by atoms with Crippen LogP contribution in [0.1, 0.15) is 15.4 Å². The molecule has 0 saturated heterocycles. The van der Waals surface area contributed by atoms with E-state index in [4.69, 9.17) is 0 Å². The highest BCUT2D eigenvalue weighted by Gasteiger charge is 2.94. The zero-order valence-electron chi connectivity index (χ0n) is 18.2. The van der Waals surface area contributed by atoms with E-state index in [0.717, 1.165) is 25.9 Å². The van der Waals surface area contributed by atoms with E-state index in [2.05, 4.69) is 4.98 Å². The number of nitrogens with one attached hydrogen (secondary N) is 1. The summed E-state index contributed by atoms with van der Waals surface area (Å²) in [6, 6.07) is 0. The normalized spacial score (nSPS) is 14.6. The van der Waals surface area contributed by atoms with Crippen molar-refractivity contribution in [3.8, 4) is 0 Å². The SMILES string of the molecule is Cc1nc(NC(=O)C(F)(F)C(F)(F)C(F)(F)C(F)(F)C(F)(F)C(F)(F)C(F)(F)C(F)F)sc1C(=O)N(C)C. The Bertz CT molecular complexity index is 1070. The lowest BCUT2D eigenvalue weighted by Crippen LogP contribution is -2.74. The van der Waals surface area contributed by atoms with Crippen molar-refractivity contribution in [3.05, 3.63) is 10.6 Å². The minimum Gasteiger partial charge on any atom is -0.344 e. The van der Waals surface area contributed by atoms with Gasteiger partial charge in [0.15, 0.2) is 5.13 Å². The van der Waals surface area contributed by atoms with Crippen molar-refractivity contribution < 1.29 is 79.8 Å². The van der Waals surface area contributed by atoms with Gasteiger partial charge in [0.2, 0.25) is 0 Å². The largest absolute Gasteiger partial charge is 0.393 e. The Kier molecular flexibility index (Phi) is 8.44. The van der Waals surface area contributed by atoms with Crippen LogP contribution in [0.5, 0.6) is 0 Å². The first-order valence-corrected chi connectivity index (χ1v) is 9.82. The molecule has 220 valence electrons. The third-order valence-electron chi connectivity index (χ3n) is 4.57. The van der Waals surface area contributed by atoms with Gasteiger partial charge in [-0.1, -0.05) is 11.3 Å². The highest BCUT2D eigenvalue weighted by molar-refractivity contribution is 7.17. The van der Waals surface area contributed by atoms with Gasteiger partial charge < -0.3 is 4.90 Å². The molecule has 1 aromatic rings. The number of carbonyl (C=O) groups excluding carboxylic acids is 2. The summed E-state index contributed by atoms with van der Waals surface area (Å²) in [6.45, 7) is 0.988. The highest BCUT2D eigenvalue weighted by atomic mass is 32.1. The number of aromatic nitrogens is 1. The third kappa shape index (κ3) is 4.61. The van der Waals surface area contributed by atoms with Crippen LogP contribution in [0.15, 0.2) is 0 Å². The van der Waals surface area contributed by atoms with E-state index in [0.29, 0.717) is 5.32 Å². The molecular formula is C16H11F16N3O2S. The molecule has 0 spiro atoms. The Morgan fingerprint density at radius 3 is 1.55 bits per heavy atom. The smallest absolute Gasteiger partial charge is 0.344 e. The van der Waals surface area contributed by atoms with Crippen molar-refractivity contribution in [3.63, 3.8) is 0 Å². The standard InChI is InChI=1S/C16H11F16N3O2S/c1-4-5(6(36)35(2)3)38-9(33-4)34-8(37)11(21,22)13(25,26)15(29,30)16(31,32)14(27,28)12(23,24)10(19,20)7(17)18/h7H,1-3H3,(H,33,34,37). The number of hydrogen-bond acceptors (Lipinski definition) is 4. The topological polar surface area (TPSA) is 62.3 Å². The average Bonchev–Trinajstić information content (AvgIpc) is 3.11. The van der Waals surface area contributed by atoms with Crippen LogP contribution >= 0.6 is 11.3 Å². The van der Waals surface area contributed by atoms with Crippen molar-refractivity contribution >= 4 is 28.3 Å². The molecule has 0 bridgehead atoms. The van der Waals surface area contributed by atoms with Crippen molar-refractivity contribution in [1.29, 1.82) is 0 Å². The molecule has 0 radical (unpaired) electrons. The quantitative estimate of drug-likeness (QED) is 0.340. The van der Waals surface area contributed by atoms with Crippen molar-refractivity contribution in [1.82, 2.24) is 9.88 Å². The van der Waals surface area contributed by atoms with Crippen LogP contribution < -0.4 is 5.32 Å². The Balaban J connectivity index is 3.52. The molecule has 0 aliphatic rings. The van der Waals surface area contributed by atoms with Gasteiger partial charge in [0, 0.05) is 14.1 Å². The molecule has 1 rings (SSSR count). The number of thiazole rings is 1. The Labute approximate surface area is 203 Å². The minimum absolute atomic E-state index is 0.0446. The lowest BCUT2D eigenvalue weighted by atomic mass is 9.89. The second-order valence-electron chi connectivity index (χ2n) is 7.46. The molecule has 2 amide bonds. The van der Waals surface area contributed by atoms with Crippen LogP contribution in [0.25, 0.3) is 0 Å². The number of anilines is 1. The molecule has 0 fully saturated rings. The van der Waals surface area contributed by atoms with Gasteiger partial charge in [-0.3, -0.25) is 14.9 Å². The van der Waals surface area contributed by atoms with E-state index in [1.165, 1.54) is 0 Å². The van der Waals surface area contributed by atoms with E-state index < -0.39 is 69.7 Å². The van der Waals surface area contributed by atoms with E-state index >= 15 is 0 Å². The molecule has 0 unspecified atom stereocenters. The molecule has 38 heavy (non-hydrogen) atoms. The Morgan fingerprint density at radius 2 is 1.16 bits per heavy atom. The van der Waals surface area contributed by atoms with E-state index in [-0.39, 0.29) is 17.0 Å². The van der Waals surface area contributed by atoms with Gasteiger partial charge in [0.1, 0.15) is 4.88 Å². The predicted octanol–water partition coefficient (Wildman–Crippen LogP) is 5.80. The number of halogens is 16. The van der Waals surface area contributed by atoms with E-state index in [1.54, 1.807) is 0 Å². The number of alkyl halides is 16. The zero-order chi connectivity index (χ0) is 30.7. The molecule has 22 heteroatoms. The van der Waals surface area contributed by atoms with Crippen LogP contribution in [0, 0.1) is 6.92 Å². The number of aryl methyl sites for hydroxylation is 1. The summed E-state index contributed by atoms with van der Waals surface area (Å²) in [5, 5.41) is -0.516. The van der Waals surface area contributed by atoms with Crippen LogP contribution in [0.4, 0.5) is 75.4 Å². The van der Waals surface area contributed by atoms with Gasteiger partial charge in [0.05, 0.1) is 5.69 Å². The number of nitrogens with zero attached hydrogens (tertiary/aromatic N) is 2. The third-order valence-corrected chi connectivity index (χ3v) is 5.63. The monoisotopic (exact) mass is 613 g/mol. The number of carbonyl (C=O) groups is 2. The molecule has 0 aliphatic carbocycles. The first kappa shape index (κ1) is 33.5. The second-order valence-corrected chi connectivity index (χ2v) is 8.46. The minimum atomic E-state index is -8.61. The second kappa shape index (κ2) is 9.57. The number of amides is 2.